The van der Waals surface area contributed by atoms with Crippen LogP contribution in [0.1, 0.15) is 46.0 Å². The summed E-state index contributed by atoms with van der Waals surface area (Å²) in [7, 11) is 1.57. The van der Waals surface area contributed by atoms with Gasteiger partial charge < -0.3 is 15.0 Å². The minimum Gasteiger partial charge on any atom is -0.478 e. The molecule has 0 radical (unpaired) electrons. The Morgan fingerprint density at radius 2 is 1.74 bits per heavy atom. The fraction of sp³-hybridized carbons (Fsp3) is 0.462. The second-order valence-corrected chi connectivity index (χ2v) is 4.76. The fourth-order valence-corrected chi connectivity index (χ4v) is 2.05. The van der Waals surface area contributed by atoms with Crippen LogP contribution >= 0.6 is 0 Å². The van der Waals surface area contributed by atoms with Crippen LogP contribution < -0.4 is 5.32 Å². The second kappa shape index (κ2) is 5.26. The zero-order valence-corrected chi connectivity index (χ0v) is 11.7. The number of Topliss-reactive ketones (excluding diaryl/α,β-unsaturated/α-hetero) is 1. The van der Waals surface area contributed by atoms with Crippen LogP contribution in [0.2, 0.25) is 0 Å². The molecule has 1 amide bonds. The minimum absolute atomic E-state index is 0.0724. The van der Waals surface area contributed by atoms with Gasteiger partial charge in [0.25, 0.3) is 11.7 Å². The standard InChI is InChI=1S/C13H18N2O4/c1-6(2)14-12(17)11(16)10-7(3)9(13(18)19)8(4)15(10)5/h6H,1-5H3,(H,14,17)(H,18,19). The lowest BCUT2D eigenvalue weighted by Crippen LogP contribution is -2.37. The van der Waals surface area contributed by atoms with Gasteiger partial charge in [0, 0.05) is 18.8 Å². The third-order valence-electron chi connectivity index (χ3n) is 2.99. The highest BCUT2D eigenvalue weighted by Crippen LogP contribution is 2.21. The van der Waals surface area contributed by atoms with Gasteiger partial charge in [0.2, 0.25) is 0 Å². The maximum Gasteiger partial charge on any atom is 0.337 e. The first-order valence-electron chi connectivity index (χ1n) is 5.92. The summed E-state index contributed by atoms with van der Waals surface area (Å²) in [5.74, 6) is -2.55. The topological polar surface area (TPSA) is 88.4 Å². The normalized spacial score (nSPS) is 10.6. The van der Waals surface area contributed by atoms with E-state index in [1.54, 1.807) is 27.8 Å². The van der Waals surface area contributed by atoms with Gasteiger partial charge in [-0.25, -0.2) is 4.79 Å². The molecule has 0 aromatic carbocycles. The SMILES string of the molecule is Cc1c(C(=O)O)c(C)n(C)c1C(=O)C(=O)NC(C)C. The molecule has 1 rings (SSSR count). The number of nitrogens with zero attached hydrogens (tertiary/aromatic N) is 1. The van der Waals surface area contributed by atoms with Gasteiger partial charge in [-0.3, -0.25) is 9.59 Å². The first kappa shape index (κ1) is 14.9. The van der Waals surface area contributed by atoms with Crippen LogP contribution in [0.4, 0.5) is 0 Å². The van der Waals surface area contributed by atoms with Crippen molar-refractivity contribution in [3.05, 3.63) is 22.5 Å². The van der Waals surface area contributed by atoms with Gasteiger partial charge in [-0.1, -0.05) is 0 Å². The van der Waals surface area contributed by atoms with Gasteiger partial charge >= 0.3 is 5.97 Å². The summed E-state index contributed by atoms with van der Waals surface area (Å²) in [5.41, 5.74) is 0.957. The number of rotatable bonds is 4. The summed E-state index contributed by atoms with van der Waals surface area (Å²) >= 11 is 0. The van der Waals surface area contributed by atoms with Crippen LogP contribution in [0.25, 0.3) is 0 Å². The molecule has 6 nitrogen and oxygen atoms in total. The molecule has 1 heterocycles. The Hall–Kier alpha value is -2.11. The molecule has 0 saturated heterocycles. The van der Waals surface area contributed by atoms with Crippen molar-refractivity contribution in [3.63, 3.8) is 0 Å². The first-order valence-corrected chi connectivity index (χ1v) is 5.92. The van der Waals surface area contributed by atoms with Crippen molar-refractivity contribution in [2.75, 3.05) is 0 Å². The monoisotopic (exact) mass is 266 g/mol. The van der Waals surface area contributed by atoms with E-state index in [0.29, 0.717) is 11.3 Å². The van der Waals surface area contributed by atoms with E-state index in [9.17, 15) is 14.4 Å². The average molecular weight is 266 g/mol. The fourth-order valence-electron chi connectivity index (χ4n) is 2.05. The van der Waals surface area contributed by atoms with E-state index >= 15 is 0 Å². The van der Waals surface area contributed by atoms with Crippen molar-refractivity contribution >= 4 is 17.7 Å². The number of ketones is 1. The highest BCUT2D eigenvalue weighted by molar-refractivity contribution is 6.43. The van der Waals surface area contributed by atoms with E-state index in [0.717, 1.165) is 0 Å². The quantitative estimate of drug-likeness (QED) is 0.629. The first-order chi connectivity index (χ1) is 8.68. The zero-order valence-electron chi connectivity index (χ0n) is 11.7. The maximum atomic E-state index is 12.1. The molecule has 0 aliphatic heterocycles. The molecule has 2 N–H and O–H groups in total. The summed E-state index contributed by atoms with van der Waals surface area (Å²) in [6, 6.07) is -0.155. The number of carbonyl (C=O) groups excluding carboxylic acids is 2. The molecule has 0 unspecified atom stereocenters. The van der Waals surface area contributed by atoms with Gasteiger partial charge in [-0.2, -0.15) is 0 Å². The number of aromatic carboxylic acids is 1. The smallest absolute Gasteiger partial charge is 0.337 e. The van der Waals surface area contributed by atoms with Gasteiger partial charge in [-0.15, -0.1) is 0 Å². The van der Waals surface area contributed by atoms with Crippen molar-refractivity contribution in [2.24, 2.45) is 7.05 Å². The number of amides is 1. The molecular weight excluding hydrogens is 248 g/mol. The highest BCUT2D eigenvalue weighted by Gasteiger charge is 2.28. The maximum absolute atomic E-state index is 12.1. The number of carboxylic acid groups (broad SMARTS) is 1. The molecule has 0 fully saturated rings. The number of aromatic nitrogens is 1. The Kier molecular flexibility index (Phi) is 4.14. The Morgan fingerprint density at radius 1 is 1.21 bits per heavy atom. The Balaban J connectivity index is 3.29. The van der Waals surface area contributed by atoms with Crippen molar-refractivity contribution in [1.82, 2.24) is 9.88 Å². The minimum atomic E-state index is -1.10. The van der Waals surface area contributed by atoms with E-state index in [-0.39, 0.29) is 17.3 Å². The molecule has 0 aliphatic carbocycles. The van der Waals surface area contributed by atoms with Crippen LogP contribution in [0, 0.1) is 13.8 Å². The van der Waals surface area contributed by atoms with Crippen molar-refractivity contribution in [2.45, 2.75) is 33.7 Å². The number of hydrogen-bond acceptors (Lipinski definition) is 3. The van der Waals surface area contributed by atoms with Crippen molar-refractivity contribution < 1.29 is 19.5 Å². The molecule has 6 heteroatoms. The van der Waals surface area contributed by atoms with Crippen LogP contribution in [0.5, 0.6) is 0 Å². The molecule has 1 aromatic rings. The Bertz CT molecular complexity index is 555. The van der Waals surface area contributed by atoms with Crippen LogP contribution in [-0.4, -0.2) is 33.4 Å². The third-order valence-corrected chi connectivity index (χ3v) is 2.99. The second-order valence-electron chi connectivity index (χ2n) is 4.76. The van der Waals surface area contributed by atoms with Crippen LogP contribution in [-0.2, 0) is 11.8 Å². The number of carbonyl (C=O) groups is 3. The van der Waals surface area contributed by atoms with Crippen molar-refractivity contribution in [3.8, 4) is 0 Å². The third kappa shape index (κ3) is 2.67. The molecule has 19 heavy (non-hydrogen) atoms. The summed E-state index contributed by atoms with van der Waals surface area (Å²) < 4.78 is 1.45. The molecule has 1 aromatic heterocycles. The highest BCUT2D eigenvalue weighted by atomic mass is 16.4. The lowest BCUT2D eigenvalue weighted by molar-refractivity contribution is -0.117. The number of carboxylic acids is 1. The van der Waals surface area contributed by atoms with E-state index < -0.39 is 17.7 Å². The van der Waals surface area contributed by atoms with Crippen LogP contribution in [0.3, 0.4) is 0 Å². The largest absolute Gasteiger partial charge is 0.478 e. The van der Waals surface area contributed by atoms with Gasteiger partial charge in [0.15, 0.2) is 0 Å². The molecule has 0 aliphatic rings. The van der Waals surface area contributed by atoms with E-state index in [1.165, 1.54) is 11.5 Å². The summed E-state index contributed by atoms with van der Waals surface area (Å²) in [5, 5.41) is 11.6. The van der Waals surface area contributed by atoms with E-state index in [4.69, 9.17) is 5.11 Å². The van der Waals surface area contributed by atoms with Gasteiger partial charge in [-0.05, 0) is 33.3 Å². The lowest BCUT2D eigenvalue weighted by atomic mass is 10.1. The molecule has 104 valence electrons. The summed E-state index contributed by atoms with van der Waals surface area (Å²) in [6.07, 6.45) is 0. The Morgan fingerprint density at radius 3 is 2.11 bits per heavy atom. The predicted octanol–water partition coefficient (Wildman–Crippen LogP) is 1.05. The van der Waals surface area contributed by atoms with E-state index in [1.807, 2.05) is 0 Å². The number of nitrogens with one attached hydrogen (secondary N) is 1. The molecule has 0 bridgehead atoms. The number of hydrogen-bond donors (Lipinski definition) is 2. The predicted molar refractivity (Wildman–Crippen MR) is 69.5 cm³/mol. The Labute approximate surface area is 111 Å². The summed E-state index contributed by atoms with van der Waals surface area (Å²) in [4.78, 5) is 35.0. The molecule has 0 saturated carbocycles. The average Bonchev–Trinajstić information content (AvgIpc) is 2.48. The van der Waals surface area contributed by atoms with E-state index in [2.05, 4.69) is 5.32 Å². The zero-order chi connectivity index (χ0) is 14.9. The molecular formula is C13H18N2O4. The molecule has 0 atom stereocenters. The molecule has 0 spiro atoms. The lowest BCUT2D eigenvalue weighted by Gasteiger charge is -2.09. The van der Waals surface area contributed by atoms with Gasteiger partial charge in [0.1, 0.15) is 0 Å². The van der Waals surface area contributed by atoms with Gasteiger partial charge in [0.05, 0.1) is 11.3 Å². The summed E-state index contributed by atoms with van der Waals surface area (Å²) in [6.45, 7) is 6.63. The van der Waals surface area contributed by atoms with Crippen LogP contribution in [0.15, 0.2) is 0 Å². The van der Waals surface area contributed by atoms with Crippen molar-refractivity contribution in [1.29, 1.82) is 0 Å².